The first-order chi connectivity index (χ1) is 17.2. The maximum atomic E-state index is 2.63. The maximum absolute atomic E-state index is 2.63. The summed E-state index contributed by atoms with van der Waals surface area (Å²) in [5, 5.41) is 0. The number of nitrogens with zero attached hydrogens (tertiary/aromatic N) is 1. The Kier molecular flexibility index (Phi) is 10.4. The minimum atomic E-state index is 0.173. The predicted molar refractivity (Wildman–Crippen MR) is 169 cm³/mol. The molecule has 37 heavy (non-hydrogen) atoms. The van der Waals surface area contributed by atoms with Crippen LogP contribution in [0.2, 0.25) is 0 Å². The Morgan fingerprint density at radius 2 is 0.676 bits per heavy atom. The molecule has 0 spiro atoms. The summed E-state index contributed by atoms with van der Waals surface area (Å²) in [4.78, 5) is 6.78. The van der Waals surface area contributed by atoms with Crippen molar-refractivity contribution in [3.05, 3.63) is 89.5 Å². The lowest BCUT2D eigenvalue weighted by Crippen LogP contribution is -2.24. The largest absolute Gasteiger partial charge is 0.290 e. The fourth-order valence-corrected chi connectivity index (χ4v) is 7.29. The lowest BCUT2D eigenvalue weighted by Gasteiger charge is -2.28. The van der Waals surface area contributed by atoms with E-state index in [1.165, 1.54) is 31.4 Å². The van der Waals surface area contributed by atoms with Crippen molar-refractivity contribution in [2.75, 3.05) is 0 Å². The van der Waals surface area contributed by atoms with Gasteiger partial charge in [-0.05, 0) is 34.9 Å². The van der Waals surface area contributed by atoms with Gasteiger partial charge in [-0.3, -0.25) is 4.90 Å². The molecule has 3 aromatic carbocycles. The summed E-state index contributed by atoms with van der Waals surface area (Å²) in [6.07, 6.45) is 0. The van der Waals surface area contributed by atoms with Gasteiger partial charge in [0.05, 0.1) is 0 Å². The second-order valence-electron chi connectivity index (χ2n) is 12.6. The number of hydrogen-bond donors (Lipinski definition) is 0. The first-order valence-corrected chi connectivity index (χ1v) is 15.7. The van der Waals surface area contributed by atoms with Gasteiger partial charge in [0.25, 0.3) is 0 Å². The number of thioether (sulfide) groups is 3. The molecule has 0 saturated carbocycles. The summed E-state index contributed by atoms with van der Waals surface area (Å²) in [5.41, 5.74) is 4.22. The minimum Gasteiger partial charge on any atom is -0.290 e. The minimum absolute atomic E-state index is 0.173. The number of rotatable bonds is 9. The van der Waals surface area contributed by atoms with Gasteiger partial charge in [-0.15, -0.1) is 35.3 Å². The van der Waals surface area contributed by atoms with Crippen molar-refractivity contribution >= 4 is 35.3 Å². The molecule has 0 fully saturated rings. The molecule has 0 aliphatic carbocycles. The Balaban J connectivity index is 1.98. The van der Waals surface area contributed by atoms with E-state index in [1.807, 2.05) is 35.3 Å². The van der Waals surface area contributed by atoms with E-state index in [0.29, 0.717) is 0 Å². The van der Waals surface area contributed by atoms with Crippen LogP contribution in [0.15, 0.2) is 87.5 Å². The van der Waals surface area contributed by atoms with E-state index in [-0.39, 0.29) is 14.2 Å². The van der Waals surface area contributed by atoms with E-state index in [1.54, 1.807) is 0 Å². The third-order valence-electron chi connectivity index (χ3n) is 5.35. The molecule has 0 aliphatic rings. The van der Waals surface area contributed by atoms with E-state index < -0.39 is 0 Å². The molecule has 3 aromatic rings. The Hall–Kier alpha value is -1.33. The van der Waals surface area contributed by atoms with E-state index in [0.717, 1.165) is 19.6 Å². The monoisotopic (exact) mass is 551 g/mol. The van der Waals surface area contributed by atoms with Crippen LogP contribution < -0.4 is 0 Å². The predicted octanol–water partition coefficient (Wildman–Crippen LogP) is 10.6. The number of hydrogen-bond acceptors (Lipinski definition) is 4. The molecule has 3 rings (SSSR count). The zero-order valence-electron chi connectivity index (χ0n) is 24.2. The van der Waals surface area contributed by atoms with Crippen molar-refractivity contribution in [3.8, 4) is 0 Å². The van der Waals surface area contributed by atoms with Crippen molar-refractivity contribution in [1.29, 1.82) is 0 Å². The third kappa shape index (κ3) is 10.8. The van der Waals surface area contributed by atoms with Gasteiger partial charge >= 0.3 is 0 Å². The summed E-state index contributed by atoms with van der Waals surface area (Å²) < 4.78 is 0.520. The Morgan fingerprint density at radius 1 is 0.432 bits per heavy atom. The smallest absolute Gasteiger partial charge is 0.0251 e. The van der Waals surface area contributed by atoms with Crippen LogP contribution in [0, 0.1) is 0 Å². The molecule has 0 aliphatic heterocycles. The fourth-order valence-electron chi connectivity index (χ4n) is 4.08. The highest BCUT2D eigenvalue weighted by atomic mass is 32.2. The van der Waals surface area contributed by atoms with Gasteiger partial charge in [0, 0.05) is 48.6 Å². The Bertz CT molecular complexity index is 1000. The molecule has 0 heterocycles. The molecule has 1 nitrogen and oxygen atoms in total. The van der Waals surface area contributed by atoms with Crippen molar-refractivity contribution < 1.29 is 0 Å². The van der Waals surface area contributed by atoms with Gasteiger partial charge in [0.1, 0.15) is 0 Å². The standard InChI is InChI=1S/C33H45NS3/c1-31(2,3)35-28-19-13-10-16-25(28)22-34(23-26-17-11-14-20-29(26)36-32(4,5)6)24-27-18-12-15-21-30(27)37-33(7,8)9/h10-21H,22-24H2,1-9H3. The van der Waals surface area contributed by atoms with Crippen LogP contribution in [0.3, 0.4) is 0 Å². The Morgan fingerprint density at radius 3 is 0.919 bits per heavy atom. The van der Waals surface area contributed by atoms with Gasteiger partial charge in [0.2, 0.25) is 0 Å². The molecular weight excluding hydrogens is 507 g/mol. The lowest BCUT2D eigenvalue weighted by atomic mass is 10.1. The number of benzene rings is 3. The van der Waals surface area contributed by atoms with E-state index in [4.69, 9.17) is 0 Å². The van der Waals surface area contributed by atoms with Gasteiger partial charge in [0.15, 0.2) is 0 Å². The first kappa shape index (κ1) is 30.2. The summed E-state index contributed by atoms with van der Waals surface area (Å²) >= 11 is 5.91. The maximum Gasteiger partial charge on any atom is 0.0251 e. The molecule has 0 amide bonds. The molecule has 0 saturated heterocycles. The van der Waals surface area contributed by atoms with Gasteiger partial charge in [-0.2, -0.15) is 0 Å². The molecule has 200 valence electrons. The van der Waals surface area contributed by atoms with Gasteiger partial charge in [-0.1, -0.05) is 117 Å². The molecule has 0 atom stereocenters. The molecule has 0 radical (unpaired) electrons. The highest BCUT2D eigenvalue weighted by Gasteiger charge is 2.21. The molecule has 0 unspecified atom stereocenters. The second-order valence-corrected chi connectivity index (χ2v) is 18.2. The summed E-state index contributed by atoms with van der Waals surface area (Å²) in [6.45, 7) is 23.4. The van der Waals surface area contributed by atoms with Crippen LogP contribution >= 0.6 is 35.3 Å². The van der Waals surface area contributed by atoms with E-state index in [2.05, 4.69) is 140 Å². The van der Waals surface area contributed by atoms with Crippen molar-refractivity contribution in [2.45, 2.75) is 111 Å². The second kappa shape index (κ2) is 12.7. The average Bonchev–Trinajstić information content (AvgIpc) is 2.75. The summed E-state index contributed by atoms with van der Waals surface area (Å²) in [6, 6.07) is 26.9. The molecular formula is C33H45NS3. The zero-order valence-corrected chi connectivity index (χ0v) is 26.7. The van der Waals surface area contributed by atoms with Crippen LogP contribution in [-0.4, -0.2) is 19.1 Å². The van der Waals surface area contributed by atoms with Crippen molar-refractivity contribution in [3.63, 3.8) is 0 Å². The van der Waals surface area contributed by atoms with Crippen LogP contribution in [0.5, 0.6) is 0 Å². The van der Waals surface area contributed by atoms with E-state index in [9.17, 15) is 0 Å². The van der Waals surface area contributed by atoms with Crippen LogP contribution in [0.4, 0.5) is 0 Å². The van der Waals surface area contributed by atoms with E-state index >= 15 is 0 Å². The molecule has 4 heteroatoms. The molecule has 0 bridgehead atoms. The highest BCUT2D eigenvalue weighted by molar-refractivity contribution is 8.01. The van der Waals surface area contributed by atoms with Gasteiger partial charge in [-0.25, -0.2) is 0 Å². The summed E-state index contributed by atoms with van der Waals surface area (Å²) in [5.74, 6) is 0. The Labute approximate surface area is 239 Å². The zero-order chi connectivity index (χ0) is 27.3. The SMILES string of the molecule is CC(C)(C)Sc1ccccc1CN(Cc1ccccc1SC(C)(C)C)Cc1ccccc1SC(C)(C)C. The molecule has 0 N–H and O–H groups in total. The van der Waals surface area contributed by atoms with Crippen molar-refractivity contribution in [2.24, 2.45) is 0 Å². The molecule has 0 aromatic heterocycles. The van der Waals surface area contributed by atoms with Crippen LogP contribution in [0.1, 0.15) is 79.0 Å². The van der Waals surface area contributed by atoms with Gasteiger partial charge < -0.3 is 0 Å². The highest BCUT2D eigenvalue weighted by Crippen LogP contribution is 2.38. The van der Waals surface area contributed by atoms with Crippen molar-refractivity contribution in [1.82, 2.24) is 4.90 Å². The quantitative estimate of drug-likeness (QED) is 0.243. The van der Waals surface area contributed by atoms with Crippen LogP contribution in [-0.2, 0) is 19.6 Å². The summed E-state index contributed by atoms with van der Waals surface area (Å²) in [7, 11) is 0. The lowest BCUT2D eigenvalue weighted by molar-refractivity contribution is 0.242. The van der Waals surface area contributed by atoms with Crippen LogP contribution in [0.25, 0.3) is 0 Å². The average molecular weight is 552 g/mol. The normalized spacial score (nSPS) is 12.8. The third-order valence-corrected chi connectivity index (χ3v) is 9.04. The first-order valence-electron chi connectivity index (χ1n) is 13.2. The fraction of sp³-hybridized carbons (Fsp3) is 0.455. The topological polar surface area (TPSA) is 3.24 Å².